The number of Topliss-reactive ketones (excluding diaryl/α,β-unsaturated/α-hetero) is 1. The summed E-state index contributed by atoms with van der Waals surface area (Å²) < 4.78 is 0. The smallest absolute Gasteiger partial charge is 0.135 e. The lowest BCUT2D eigenvalue weighted by atomic mass is 9.49. The fourth-order valence-corrected chi connectivity index (χ4v) is 1.99. The van der Waals surface area contributed by atoms with E-state index in [2.05, 4.69) is 13.8 Å². The number of aliphatic hydroxyl groups is 1. The van der Waals surface area contributed by atoms with Crippen LogP contribution in [0.5, 0.6) is 0 Å². The van der Waals surface area contributed by atoms with E-state index in [-0.39, 0.29) is 16.6 Å². The third-order valence-corrected chi connectivity index (χ3v) is 5.53. The van der Waals surface area contributed by atoms with E-state index in [0.29, 0.717) is 0 Å². The molecule has 0 aromatic heterocycles. The van der Waals surface area contributed by atoms with E-state index in [1.165, 1.54) is 0 Å². The van der Waals surface area contributed by atoms with Crippen molar-refractivity contribution in [1.82, 2.24) is 0 Å². The molecule has 1 N–H and O–H groups in total. The first-order valence-corrected chi connectivity index (χ1v) is 5.93. The molecule has 0 rings (SSSR count). The molecule has 0 amide bonds. The monoisotopic (exact) mass is 228 g/mol. The third kappa shape index (κ3) is 2.04. The molecule has 0 heterocycles. The van der Waals surface area contributed by atoms with Crippen LogP contribution in [0.4, 0.5) is 0 Å². The summed E-state index contributed by atoms with van der Waals surface area (Å²) >= 11 is 0. The highest BCUT2D eigenvalue weighted by molar-refractivity contribution is 5.82. The van der Waals surface area contributed by atoms with Crippen LogP contribution in [-0.2, 0) is 4.79 Å². The molecule has 0 spiro atoms. The topological polar surface area (TPSA) is 37.3 Å². The molecule has 0 aromatic carbocycles. The van der Waals surface area contributed by atoms with Crippen LogP contribution < -0.4 is 0 Å². The van der Waals surface area contributed by atoms with Crippen molar-refractivity contribution in [3.05, 3.63) is 0 Å². The van der Waals surface area contributed by atoms with Crippen LogP contribution in [0, 0.1) is 16.2 Å². The highest BCUT2D eigenvalue weighted by Gasteiger charge is 2.55. The van der Waals surface area contributed by atoms with Crippen LogP contribution >= 0.6 is 0 Å². The number of ketones is 1. The van der Waals surface area contributed by atoms with Crippen molar-refractivity contribution in [2.75, 3.05) is 0 Å². The Morgan fingerprint density at radius 1 is 0.812 bits per heavy atom. The number of hydrogen-bond donors (Lipinski definition) is 1. The van der Waals surface area contributed by atoms with Gasteiger partial charge in [0.2, 0.25) is 0 Å². The maximum Gasteiger partial charge on any atom is 0.135 e. The largest absolute Gasteiger partial charge is 0.390 e. The van der Waals surface area contributed by atoms with Crippen LogP contribution in [-0.4, -0.2) is 16.5 Å². The van der Waals surface area contributed by atoms with Crippen LogP contribution in [0.1, 0.15) is 62.3 Å². The summed E-state index contributed by atoms with van der Waals surface area (Å²) in [6.07, 6.45) is 0. The van der Waals surface area contributed by atoms with Gasteiger partial charge in [0.25, 0.3) is 0 Å². The van der Waals surface area contributed by atoms with Crippen LogP contribution in [0.25, 0.3) is 0 Å². The molecule has 0 unspecified atom stereocenters. The maximum absolute atomic E-state index is 11.8. The van der Waals surface area contributed by atoms with E-state index in [0.717, 1.165) is 0 Å². The second kappa shape index (κ2) is 3.83. The first-order chi connectivity index (χ1) is 6.69. The molecule has 0 fully saturated rings. The van der Waals surface area contributed by atoms with Gasteiger partial charge in [-0.3, -0.25) is 4.79 Å². The van der Waals surface area contributed by atoms with Crippen LogP contribution in [0.15, 0.2) is 0 Å². The minimum absolute atomic E-state index is 0.162. The second-order valence-electron chi connectivity index (χ2n) is 6.99. The first kappa shape index (κ1) is 15.6. The summed E-state index contributed by atoms with van der Waals surface area (Å²) in [7, 11) is 0. The second-order valence-corrected chi connectivity index (χ2v) is 6.99. The number of rotatable bonds is 4. The molecule has 16 heavy (non-hydrogen) atoms. The normalized spacial score (nSPS) is 15.1. The molecule has 96 valence electrons. The van der Waals surface area contributed by atoms with Gasteiger partial charge in [0.15, 0.2) is 0 Å². The Hall–Kier alpha value is -0.370. The van der Waals surface area contributed by atoms with Crippen molar-refractivity contribution < 1.29 is 9.90 Å². The predicted octanol–water partition coefficient (Wildman–Crippen LogP) is 3.42. The number of carbonyl (C=O) groups excluding carboxylic acids is 1. The fraction of sp³-hybridized carbons (Fsp3) is 0.929. The zero-order valence-electron chi connectivity index (χ0n) is 12.4. The number of hydrogen-bond acceptors (Lipinski definition) is 2. The lowest BCUT2D eigenvalue weighted by Gasteiger charge is -2.56. The third-order valence-electron chi connectivity index (χ3n) is 5.53. The average Bonchev–Trinajstić information content (AvgIpc) is 2.00. The molecular weight excluding hydrogens is 200 g/mol. The van der Waals surface area contributed by atoms with Gasteiger partial charge in [-0.15, -0.1) is 0 Å². The molecule has 0 saturated heterocycles. The molecule has 0 aliphatic heterocycles. The Bertz CT molecular complexity index is 278. The molecule has 0 aliphatic carbocycles. The summed E-state index contributed by atoms with van der Waals surface area (Å²) in [5.41, 5.74) is -1.96. The number of carbonyl (C=O) groups is 1. The first-order valence-electron chi connectivity index (χ1n) is 5.93. The van der Waals surface area contributed by atoms with Gasteiger partial charge in [0.1, 0.15) is 5.78 Å². The van der Waals surface area contributed by atoms with Gasteiger partial charge in [-0.1, -0.05) is 41.5 Å². The van der Waals surface area contributed by atoms with Crippen molar-refractivity contribution in [2.45, 2.75) is 67.9 Å². The summed E-state index contributed by atoms with van der Waals surface area (Å²) in [6.45, 7) is 17.3. The van der Waals surface area contributed by atoms with Crippen molar-refractivity contribution in [1.29, 1.82) is 0 Å². The van der Waals surface area contributed by atoms with E-state index < -0.39 is 11.0 Å². The van der Waals surface area contributed by atoms with Gasteiger partial charge in [0.05, 0.1) is 5.60 Å². The summed E-state index contributed by atoms with van der Waals surface area (Å²) in [6, 6.07) is 0. The molecule has 2 nitrogen and oxygen atoms in total. The van der Waals surface area contributed by atoms with E-state index in [1.54, 1.807) is 6.92 Å². The lowest BCUT2D eigenvalue weighted by Crippen LogP contribution is -2.56. The quantitative estimate of drug-likeness (QED) is 0.800. The Balaban J connectivity index is 5.62. The van der Waals surface area contributed by atoms with Gasteiger partial charge in [-0.2, -0.15) is 0 Å². The van der Waals surface area contributed by atoms with Gasteiger partial charge in [-0.25, -0.2) is 0 Å². The molecule has 0 bridgehead atoms. The summed E-state index contributed by atoms with van der Waals surface area (Å²) in [5, 5.41) is 10.3. The Kier molecular flexibility index (Phi) is 3.74. The molecule has 0 aromatic rings. The Labute approximate surface area is 100 Å². The van der Waals surface area contributed by atoms with Crippen molar-refractivity contribution in [2.24, 2.45) is 16.2 Å². The fourth-order valence-electron chi connectivity index (χ4n) is 1.99. The minimum Gasteiger partial charge on any atom is -0.390 e. The van der Waals surface area contributed by atoms with Crippen molar-refractivity contribution in [3.63, 3.8) is 0 Å². The zero-order valence-corrected chi connectivity index (χ0v) is 12.4. The molecule has 0 aliphatic rings. The molecule has 0 saturated carbocycles. The van der Waals surface area contributed by atoms with Crippen LogP contribution in [0.2, 0.25) is 0 Å². The SMILES string of the molecule is CC(=O)C(C)(C)C(C)(C)C(C)(C)C(C)(C)O. The Morgan fingerprint density at radius 3 is 1.31 bits per heavy atom. The molecular formula is C14H28O2. The predicted molar refractivity (Wildman–Crippen MR) is 68.3 cm³/mol. The maximum atomic E-state index is 11.8. The Morgan fingerprint density at radius 2 is 1.12 bits per heavy atom. The highest BCUT2D eigenvalue weighted by Crippen LogP contribution is 2.56. The van der Waals surface area contributed by atoms with E-state index in [9.17, 15) is 9.90 Å². The zero-order chi connectivity index (χ0) is 13.6. The standard InChI is InChI=1S/C14H28O2/c1-10(15)11(2,3)12(4,5)13(6,7)14(8,9)16/h16H,1-9H3. The van der Waals surface area contributed by atoms with Crippen molar-refractivity contribution in [3.8, 4) is 0 Å². The van der Waals surface area contributed by atoms with Gasteiger partial charge >= 0.3 is 0 Å². The summed E-state index contributed by atoms with van der Waals surface area (Å²) in [4.78, 5) is 11.8. The van der Waals surface area contributed by atoms with E-state index >= 15 is 0 Å². The lowest BCUT2D eigenvalue weighted by molar-refractivity contribution is -0.160. The van der Waals surface area contributed by atoms with Crippen LogP contribution in [0.3, 0.4) is 0 Å². The van der Waals surface area contributed by atoms with E-state index in [1.807, 2.05) is 41.5 Å². The molecule has 0 radical (unpaired) electrons. The minimum atomic E-state index is -0.830. The van der Waals surface area contributed by atoms with Gasteiger partial charge in [-0.05, 0) is 31.6 Å². The van der Waals surface area contributed by atoms with Crippen molar-refractivity contribution >= 4 is 5.78 Å². The average molecular weight is 228 g/mol. The van der Waals surface area contributed by atoms with Gasteiger partial charge in [0, 0.05) is 5.41 Å². The summed E-state index contributed by atoms with van der Waals surface area (Å²) in [5.74, 6) is 0.162. The highest BCUT2D eigenvalue weighted by atomic mass is 16.3. The van der Waals surface area contributed by atoms with E-state index in [4.69, 9.17) is 0 Å². The molecule has 2 heteroatoms. The van der Waals surface area contributed by atoms with Gasteiger partial charge < -0.3 is 5.11 Å². The molecule has 0 atom stereocenters.